The number of hydrogen-bond acceptors (Lipinski definition) is 5. The number of methoxy groups -OCH3 is 1. The first kappa shape index (κ1) is 8.93. The molecule has 0 aliphatic heterocycles. The SMILES string of the molecule is COC(=O)c1ccnnc1NC1CC1. The fraction of sp³-hybridized carbons (Fsp3) is 0.444. The molecule has 1 heterocycles. The molecule has 1 fully saturated rings. The normalized spacial score (nSPS) is 14.9. The minimum Gasteiger partial charge on any atom is -0.465 e. The molecule has 0 atom stereocenters. The number of rotatable bonds is 3. The van der Waals surface area contributed by atoms with E-state index in [0.717, 1.165) is 12.8 Å². The van der Waals surface area contributed by atoms with Gasteiger partial charge in [-0.3, -0.25) is 0 Å². The van der Waals surface area contributed by atoms with Crippen LogP contribution in [0.1, 0.15) is 23.2 Å². The predicted octanol–water partition coefficient (Wildman–Crippen LogP) is 0.837. The molecule has 0 radical (unpaired) electrons. The van der Waals surface area contributed by atoms with Crippen molar-refractivity contribution >= 4 is 11.8 Å². The molecular formula is C9H11N3O2. The highest BCUT2D eigenvalue weighted by Crippen LogP contribution is 2.25. The van der Waals surface area contributed by atoms with Gasteiger partial charge in [-0.25, -0.2) is 4.79 Å². The molecule has 0 unspecified atom stereocenters. The highest BCUT2D eigenvalue weighted by atomic mass is 16.5. The van der Waals surface area contributed by atoms with Gasteiger partial charge in [0.15, 0.2) is 5.82 Å². The maximum atomic E-state index is 11.3. The number of aromatic nitrogens is 2. The van der Waals surface area contributed by atoms with Gasteiger partial charge in [0.2, 0.25) is 0 Å². The van der Waals surface area contributed by atoms with Gasteiger partial charge in [-0.05, 0) is 18.9 Å². The summed E-state index contributed by atoms with van der Waals surface area (Å²) in [6, 6.07) is 2.04. The molecule has 1 aromatic rings. The molecule has 0 aromatic carbocycles. The van der Waals surface area contributed by atoms with Crippen LogP contribution in [0, 0.1) is 0 Å². The van der Waals surface area contributed by atoms with Crippen molar-refractivity contribution in [2.75, 3.05) is 12.4 Å². The van der Waals surface area contributed by atoms with Crippen molar-refractivity contribution in [3.8, 4) is 0 Å². The van der Waals surface area contributed by atoms with Gasteiger partial charge in [-0.15, -0.1) is 5.10 Å². The summed E-state index contributed by atoms with van der Waals surface area (Å²) in [5.41, 5.74) is 0.439. The van der Waals surface area contributed by atoms with Crippen molar-refractivity contribution in [2.24, 2.45) is 0 Å². The lowest BCUT2D eigenvalue weighted by Gasteiger charge is -2.06. The van der Waals surface area contributed by atoms with E-state index in [1.165, 1.54) is 13.3 Å². The third-order valence-electron chi connectivity index (χ3n) is 2.04. The standard InChI is InChI=1S/C9H11N3O2/c1-14-9(13)7-4-5-10-12-8(7)11-6-2-3-6/h4-6H,2-3H2,1H3,(H,11,12). The van der Waals surface area contributed by atoms with Crippen molar-refractivity contribution in [1.29, 1.82) is 0 Å². The highest BCUT2D eigenvalue weighted by molar-refractivity contribution is 5.94. The molecule has 1 aliphatic rings. The summed E-state index contributed by atoms with van der Waals surface area (Å²) in [5, 5.41) is 10.7. The van der Waals surface area contributed by atoms with Gasteiger partial charge in [0.05, 0.1) is 13.3 Å². The number of carbonyl (C=O) groups is 1. The molecule has 1 N–H and O–H groups in total. The van der Waals surface area contributed by atoms with E-state index in [1.54, 1.807) is 6.07 Å². The summed E-state index contributed by atoms with van der Waals surface area (Å²) in [7, 11) is 1.35. The van der Waals surface area contributed by atoms with Crippen LogP contribution in [0.2, 0.25) is 0 Å². The second-order valence-electron chi connectivity index (χ2n) is 3.20. The summed E-state index contributed by atoms with van der Waals surface area (Å²) < 4.78 is 4.63. The summed E-state index contributed by atoms with van der Waals surface area (Å²) in [4.78, 5) is 11.3. The maximum absolute atomic E-state index is 11.3. The molecule has 5 heteroatoms. The highest BCUT2D eigenvalue weighted by Gasteiger charge is 2.24. The average molecular weight is 193 g/mol. The zero-order valence-electron chi connectivity index (χ0n) is 7.86. The van der Waals surface area contributed by atoms with Gasteiger partial charge in [0.25, 0.3) is 0 Å². The van der Waals surface area contributed by atoms with Crippen molar-refractivity contribution in [3.63, 3.8) is 0 Å². The van der Waals surface area contributed by atoms with E-state index in [-0.39, 0.29) is 5.97 Å². The molecular weight excluding hydrogens is 182 g/mol. The number of nitrogens with zero attached hydrogens (tertiary/aromatic N) is 2. The Kier molecular flexibility index (Phi) is 2.30. The van der Waals surface area contributed by atoms with Gasteiger partial charge in [-0.2, -0.15) is 5.10 Å². The van der Waals surface area contributed by atoms with Gasteiger partial charge in [0.1, 0.15) is 5.56 Å². The second kappa shape index (κ2) is 3.61. The molecule has 1 saturated carbocycles. The Morgan fingerprint density at radius 1 is 1.64 bits per heavy atom. The van der Waals surface area contributed by atoms with Crippen molar-refractivity contribution in [3.05, 3.63) is 17.8 Å². The number of hydrogen-bond donors (Lipinski definition) is 1. The van der Waals surface area contributed by atoms with E-state index in [9.17, 15) is 4.79 Å². The summed E-state index contributed by atoms with van der Waals surface area (Å²) in [5.74, 6) is 0.130. The van der Waals surface area contributed by atoms with Crippen molar-refractivity contribution in [2.45, 2.75) is 18.9 Å². The van der Waals surface area contributed by atoms with Crippen LogP contribution in [0.25, 0.3) is 0 Å². The van der Waals surface area contributed by atoms with Crippen LogP contribution in [0.15, 0.2) is 12.3 Å². The molecule has 1 aromatic heterocycles. The fourth-order valence-corrected chi connectivity index (χ4v) is 1.13. The zero-order valence-corrected chi connectivity index (χ0v) is 7.86. The summed E-state index contributed by atoms with van der Waals surface area (Å²) in [6.07, 6.45) is 3.72. The van der Waals surface area contributed by atoms with Crippen LogP contribution in [-0.4, -0.2) is 29.3 Å². The monoisotopic (exact) mass is 193 g/mol. The Morgan fingerprint density at radius 2 is 2.43 bits per heavy atom. The van der Waals surface area contributed by atoms with Crippen molar-refractivity contribution < 1.29 is 9.53 Å². The van der Waals surface area contributed by atoms with E-state index in [1.807, 2.05) is 0 Å². The number of nitrogens with one attached hydrogen (secondary N) is 1. The van der Waals surface area contributed by atoms with Crippen LogP contribution < -0.4 is 5.32 Å². The molecule has 5 nitrogen and oxygen atoms in total. The quantitative estimate of drug-likeness (QED) is 0.720. The molecule has 14 heavy (non-hydrogen) atoms. The first-order chi connectivity index (χ1) is 6.81. The lowest BCUT2D eigenvalue weighted by Crippen LogP contribution is -2.11. The Balaban J connectivity index is 2.22. The number of esters is 1. The molecule has 0 bridgehead atoms. The summed E-state index contributed by atoms with van der Waals surface area (Å²) in [6.45, 7) is 0. The van der Waals surface area contributed by atoms with Gasteiger partial charge in [0, 0.05) is 6.04 Å². The van der Waals surface area contributed by atoms with Gasteiger partial charge in [-0.1, -0.05) is 0 Å². The molecule has 74 valence electrons. The average Bonchev–Trinajstić information content (AvgIpc) is 3.01. The maximum Gasteiger partial charge on any atom is 0.341 e. The topological polar surface area (TPSA) is 64.1 Å². The van der Waals surface area contributed by atoms with E-state index in [4.69, 9.17) is 0 Å². The van der Waals surface area contributed by atoms with Gasteiger partial charge < -0.3 is 10.1 Å². The van der Waals surface area contributed by atoms with Crippen LogP contribution in [0.4, 0.5) is 5.82 Å². The Morgan fingerprint density at radius 3 is 3.07 bits per heavy atom. The molecule has 0 saturated heterocycles. The third-order valence-corrected chi connectivity index (χ3v) is 2.04. The Bertz CT molecular complexity index is 350. The largest absolute Gasteiger partial charge is 0.465 e. The molecule has 0 spiro atoms. The minimum atomic E-state index is -0.386. The third kappa shape index (κ3) is 1.81. The zero-order chi connectivity index (χ0) is 9.97. The van der Waals surface area contributed by atoms with Crippen LogP contribution in [-0.2, 0) is 4.74 Å². The van der Waals surface area contributed by atoms with E-state index >= 15 is 0 Å². The van der Waals surface area contributed by atoms with E-state index in [0.29, 0.717) is 17.4 Å². The number of carbonyl (C=O) groups excluding carboxylic acids is 1. The van der Waals surface area contributed by atoms with Gasteiger partial charge >= 0.3 is 5.97 Å². The van der Waals surface area contributed by atoms with Crippen LogP contribution in [0.3, 0.4) is 0 Å². The predicted molar refractivity (Wildman–Crippen MR) is 50.0 cm³/mol. The van der Waals surface area contributed by atoms with Crippen molar-refractivity contribution in [1.82, 2.24) is 10.2 Å². The number of anilines is 1. The first-order valence-corrected chi connectivity index (χ1v) is 4.48. The second-order valence-corrected chi connectivity index (χ2v) is 3.20. The van der Waals surface area contributed by atoms with Crippen LogP contribution in [0.5, 0.6) is 0 Å². The summed E-state index contributed by atoms with van der Waals surface area (Å²) >= 11 is 0. The Hall–Kier alpha value is -1.65. The molecule has 0 amide bonds. The lowest BCUT2D eigenvalue weighted by atomic mass is 10.3. The minimum absolute atomic E-state index is 0.386. The molecule has 1 aliphatic carbocycles. The first-order valence-electron chi connectivity index (χ1n) is 4.48. The fourth-order valence-electron chi connectivity index (χ4n) is 1.13. The molecule has 2 rings (SSSR count). The van der Waals surface area contributed by atoms with E-state index in [2.05, 4.69) is 20.3 Å². The number of ether oxygens (including phenoxy) is 1. The van der Waals surface area contributed by atoms with E-state index < -0.39 is 0 Å². The Labute approximate surface area is 81.5 Å². The lowest BCUT2D eigenvalue weighted by molar-refractivity contribution is 0.0601. The smallest absolute Gasteiger partial charge is 0.341 e. The van der Waals surface area contributed by atoms with Crippen LogP contribution >= 0.6 is 0 Å².